The van der Waals surface area contributed by atoms with Gasteiger partial charge in [-0.1, -0.05) is 12.8 Å². The zero-order valence-electron chi connectivity index (χ0n) is 10.6. The molecule has 0 spiro atoms. The molecule has 1 fully saturated rings. The number of alkyl halides is 1. The van der Waals surface area contributed by atoms with Crippen LogP contribution in [-0.2, 0) is 0 Å². The zero-order chi connectivity index (χ0) is 13.2. The lowest BCUT2D eigenvalue weighted by Gasteiger charge is -2.30. The molecule has 102 valence electrons. The summed E-state index contributed by atoms with van der Waals surface area (Å²) in [6.07, 6.45) is 4.75. The van der Waals surface area contributed by atoms with Crippen molar-refractivity contribution >= 4 is 28.6 Å². The highest BCUT2D eigenvalue weighted by atomic mass is 35.5. The molecule has 0 radical (unpaired) electrons. The van der Waals surface area contributed by atoms with Crippen LogP contribution in [0.25, 0.3) is 11.0 Å². The van der Waals surface area contributed by atoms with E-state index in [4.69, 9.17) is 11.6 Å². The Labute approximate surface area is 116 Å². The summed E-state index contributed by atoms with van der Waals surface area (Å²) in [5.74, 6) is 1.62. The number of benzene rings is 1. The molecule has 1 aromatic heterocycles. The predicted octanol–water partition coefficient (Wildman–Crippen LogP) is 3.91. The summed E-state index contributed by atoms with van der Waals surface area (Å²) < 4.78 is 13.1. The molecule has 1 aliphatic rings. The van der Waals surface area contributed by atoms with Crippen LogP contribution in [0.3, 0.4) is 0 Å². The summed E-state index contributed by atoms with van der Waals surface area (Å²) in [6, 6.07) is 4.94. The van der Waals surface area contributed by atoms with Gasteiger partial charge in [0.05, 0.1) is 11.0 Å². The van der Waals surface area contributed by atoms with Gasteiger partial charge in [-0.15, -0.1) is 11.6 Å². The maximum absolute atomic E-state index is 13.1. The van der Waals surface area contributed by atoms with Gasteiger partial charge >= 0.3 is 0 Å². The van der Waals surface area contributed by atoms with Crippen LogP contribution in [0.4, 0.5) is 10.3 Å². The first-order valence-electron chi connectivity index (χ1n) is 6.74. The summed E-state index contributed by atoms with van der Waals surface area (Å²) in [5.41, 5.74) is 1.50. The molecule has 2 aromatic rings. The van der Waals surface area contributed by atoms with Gasteiger partial charge in [0, 0.05) is 11.9 Å². The third-order valence-corrected chi connectivity index (χ3v) is 4.27. The lowest BCUT2D eigenvalue weighted by Crippen LogP contribution is -2.33. The van der Waals surface area contributed by atoms with E-state index in [1.54, 1.807) is 6.07 Å². The summed E-state index contributed by atoms with van der Waals surface area (Å²) in [5, 5.41) is 3.42. The molecule has 1 saturated carbocycles. The fourth-order valence-electron chi connectivity index (χ4n) is 2.81. The van der Waals surface area contributed by atoms with Crippen LogP contribution in [0.1, 0.15) is 25.7 Å². The Morgan fingerprint density at radius 2 is 2.21 bits per heavy atom. The molecule has 2 unspecified atom stereocenters. The van der Waals surface area contributed by atoms with Gasteiger partial charge < -0.3 is 10.3 Å². The number of nitrogens with one attached hydrogen (secondary N) is 2. The summed E-state index contributed by atoms with van der Waals surface area (Å²) in [4.78, 5) is 7.56. The van der Waals surface area contributed by atoms with Gasteiger partial charge in [-0.3, -0.25) is 0 Å². The standard InChI is InChI=1S/C14H17ClFN3/c15-8-9-3-1-2-4-11(9)17-14-18-12-6-5-10(16)7-13(12)19-14/h5-7,9,11H,1-4,8H2,(H2,17,18,19). The molecular formula is C14H17ClFN3. The molecule has 19 heavy (non-hydrogen) atoms. The summed E-state index contributed by atoms with van der Waals surface area (Å²) in [7, 11) is 0. The van der Waals surface area contributed by atoms with E-state index >= 15 is 0 Å². The van der Waals surface area contributed by atoms with Gasteiger partial charge in [0.15, 0.2) is 0 Å². The monoisotopic (exact) mass is 281 g/mol. The molecule has 0 bridgehead atoms. The number of nitrogens with zero attached hydrogens (tertiary/aromatic N) is 1. The molecule has 0 aliphatic heterocycles. The third-order valence-electron chi connectivity index (χ3n) is 3.87. The zero-order valence-corrected chi connectivity index (χ0v) is 11.4. The van der Waals surface area contributed by atoms with Crippen molar-refractivity contribution in [3.63, 3.8) is 0 Å². The average molecular weight is 282 g/mol. The number of imidazole rings is 1. The Kier molecular flexibility index (Phi) is 3.60. The Morgan fingerprint density at radius 1 is 1.37 bits per heavy atom. The van der Waals surface area contributed by atoms with Crippen LogP contribution in [0.15, 0.2) is 18.2 Å². The van der Waals surface area contributed by atoms with Gasteiger partial charge in [-0.05, 0) is 37.0 Å². The van der Waals surface area contributed by atoms with E-state index in [0.717, 1.165) is 23.9 Å². The maximum Gasteiger partial charge on any atom is 0.201 e. The fourth-order valence-corrected chi connectivity index (χ4v) is 3.18. The number of H-pyrrole nitrogens is 1. The molecule has 3 rings (SSSR count). The highest BCUT2D eigenvalue weighted by Gasteiger charge is 2.24. The first kappa shape index (κ1) is 12.7. The fraction of sp³-hybridized carbons (Fsp3) is 0.500. The quantitative estimate of drug-likeness (QED) is 0.838. The average Bonchev–Trinajstić information content (AvgIpc) is 2.80. The molecule has 1 aromatic carbocycles. The SMILES string of the molecule is Fc1ccc2nc(NC3CCCCC3CCl)[nH]c2c1. The Balaban J connectivity index is 1.80. The van der Waals surface area contributed by atoms with E-state index in [2.05, 4.69) is 15.3 Å². The largest absolute Gasteiger partial charge is 0.353 e. The number of fused-ring (bicyclic) bond motifs is 1. The van der Waals surface area contributed by atoms with Crippen LogP contribution in [0.5, 0.6) is 0 Å². The molecule has 5 heteroatoms. The smallest absolute Gasteiger partial charge is 0.201 e. The van der Waals surface area contributed by atoms with E-state index in [0.29, 0.717) is 23.8 Å². The van der Waals surface area contributed by atoms with Crippen molar-refractivity contribution < 1.29 is 4.39 Å². The Hall–Kier alpha value is -1.29. The van der Waals surface area contributed by atoms with Crippen molar-refractivity contribution in [2.45, 2.75) is 31.7 Å². The lowest BCUT2D eigenvalue weighted by molar-refractivity contribution is 0.352. The number of hydrogen-bond donors (Lipinski definition) is 2. The Morgan fingerprint density at radius 3 is 3.05 bits per heavy atom. The highest BCUT2D eigenvalue weighted by Crippen LogP contribution is 2.28. The van der Waals surface area contributed by atoms with Crippen LogP contribution in [0.2, 0.25) is 0 Å². The van der Waals surface area contributed by atoms with Crippen molar-refractivity contribution in [1.29, 1.82) is 0 Å². The Bertz CT molecular complexity index is 569. The predicted molar refractivity (Wildman–Crippen MR) is 76.1 cm³/mol. The molecule has 1 aliphatic carbocycles. The lowest BCUT2D eigenvalue weighted by atomic mass is 9.86. The number of aromatic nitrogens is 2. The van der Waals surface area contributed by atoms with E-state index in [9.17, 15) is 4.39 Å². The topological polar surface area (TPSA) is 40.7 Å². The number of hydrogen-bond acceptors (Lipinski definition) is 2. The van der Waals surface area contributed by atoms with E-state index in [-0.39, 0.29) is 5.82 Å². The summed E-state index contributed by atoms with van der Waals surface area (Å²) >= 11 is 6.02. The van der Waals surface area contributed by atoms with Crippen molar-refractivity contribution in [2.24, 2.45) is 5.92 Å². The molecule has 2 N–H and O–H groups in total. The maximum atomic E-state index is 13.1. The molecule has 0 saturated heterocycles. The highest BCUT2D eigenvalue weighted by molar-refractivity contribution is 6.18. The van der Waals surface area contributed by atoms with E-state index < -0.39 is 0 Å². The second-order valence-corrected chi connectivity index (χ2v) is 5.51. The van der Waals surface area contributed by atoms with Gasteiger partial charge in [0.2, 0.25) is 5.95 Å². The number of anilines is 1. The number of rotatable bonds is 3. The second-order valence-electron chi connectivity index (χ2n) is 5.20. The summed E-state index contributed by atoms with van der Waals surface area (Å²) in [6.45, 7) is 0. The van der Waals surface area contributed by atoms with Crippen LogP contribution in [-0.4, -0.2) is 21.9 Å². The molecule has 3 nitrogen and oxygen atoms in total. The minimum Gasteiger partial charge on any atom is -0.353 e. The van der Waals surface area contributed by atoms with Crippen LogP contribution >= 0.6 is 11.6 Å². The van der Waals surface area contributed by atoms with Crippen LogP contribution < -0.4 is 5.32 Å². The normalized spacial score (nSPS) is 23.7. The second kappa shape index (κ2) is 5.37. The molecular weight excluding hydrogens is 265 g/mol. The van der Waals surface area contributed by atoms with Gasteiger partial charge in [-0.25, -0.2) is 9.37 Å². The van der Waals surface area contributed by atoms with Crippen molar-refractivity contribution in [1.82, 2.24) is 9.97 Å². The first-order valence-corrected chi connectivity index (χ1v) is 7.27. The van der Waals surface area contributed by atoms with E-state index in [1.165, 1.54) is 25.0 Å². The molecule has 0 amide bonds. The van der Waals surface area contributed by atoms with Gasteiger partial charge in [-0.2, -0.15) is 0 Å². The van der Waals surface area contributed by atoms with Crippen LogP contribution in [0, 0.1) is 11.7 Å². The van der Waals surface area contributed by atoms with E-state index in [1.807, 2.05) is 0 Å². The number of halogens is 2. The third kappa shape index (κ3) is 2.68. The minimum absolute atomic E-state index is 0.251. The molecule has 1 heterocycles. The van der Waals surface area contributed by atoms with Crippen molar-refractivity contribution in [3.05, 3.63) is 24.0 Å². The number of aromatic amines is 1. The van der Waals surface area contributed by atoms with Crippen molar-refractivity contribution in [3.8, 4) is 0 Å². The molecule has 2 atom stereocenters. The first-order chi connectivity index (χ1) is 9.26. The minimum atomic E-state index is -0.251. The van der Waals surface area contributed by atoms with Gasteiger partial charge in [0.25, 0.3) is 0 Å². The van der Waals surface area contributed by atoms with Crippen molar-refractivity contribution in [2.75, 3.05) is 11.2 Å². The van der Waals surface area contributed by atoms with Gasteiger partial charge in [0.1, 0.15) is 5.82 Å².